The van der Waals surface area contributed by atoms with Crippen LogP contribution in [0.15, 0.2) is 24.3 Å². The van der Waals surface area contributed by atoms with Crippen molar-refractivity contribution in [3.8, 4) is 5.75 Å². The second kappa shape index (κ2) is 8.17. The molecule has 1 rings (SSSR count). The molecular weight excluding hydrogens is 281 g/mol. The molecule has 1 aromatic rings. The molecule has 0 amide bonds. The zero-order chi connectivity index (χ0) is 15.0. The SMILES string of the molecule is CCCCc1ccc(OC(=O)CNCP(=O)(O)O)cc1. The lowest BCUT2D eigenvalue weighted by Crippen LogP contribution is -2.27. The first-order valence-corrected chi connectivity index (χ1v) is 8.25. The first kappa shape index (κ1) is 16.9. The number of ether oxygens (including phenoxy) is 1. The highest BCUT2D eigenvalue weighted by Crippen LogP contribution is 2.31. The molecule has 0 aromatic heterocycles. The van der Waals surface area contributed by atoms with Crippen LogP contribution in [0.3, 0.4) is 0 Å². The van der Waals surface area contributed by atoms with Gasteiger partial charge in [-0.15, -0.1) is 0 Å². The van der Waals surface area contributed by atoms with Gasteiger partial charge in [-0.2, -0.15) is 0 Å². The van der Waals surface area contributed by atoms with Crippen molar-refractivity contribution in [3.63, 3.8) is 0 Å². The van der Waals surface area contributed by atoms with Gasteiger partial charge in [-0.3, -0.25) is 14.7 Å². The van der Waals surface area contributed by atoms with Crippen molar-refractivity contribution in [3.05, 3.63) is 29.8 Å². The van der Waals surface area contributed by atoms with Gasteiger partial charge >= 0.3 is 13.6 Å². The van der Waals surface area contributed by atoms with Crippen LogP contribution in [-0.2, 0) is 15.8 Å². The molecule has 0 saturated heterocycles. The lowest BCUT2D eigenvalue weighted by Gasteiger charge is -2.07. The summed E-state index contributed by atoms with van der Waals surface area (Å²) in [4.78, 5) is 28.7. The van der Waals surface area contributed by atoms with E-state index >= 15 is 0 Å². The second-order valence-corrected chi connectivity index (χ2v) is 6.12. The topological polar surface area (TPSA) is 95.9 Å². The summed E-state index contributed by atoms with van der Waals surface area (Å²) in [5.41, 5.74) is 1.19. The molecular formula is C13H20NO5P. The number of esters is 1. The molecule has 1 aromatic carbocycles. The summed E-state index contributed by atoms with van der Waals surface area (Å²) >= 11 is 0. The minimum absolute atomic E-state index is 0.247. The predicted molar refractivity (Wildman–Crippen MR) is 75.6 cm³/mol. The molecule has 0 bridgehead atoms. The Hall–Kier alpha value is -1.20. The molecule has 0 heterocycles. The summed E-state index contributed by atoms with van der Waals surface area (Å²) < 4.78 is 15.6. The van der Waals surface area contributed by atoms with Gasteiger partial charge in [0.1, 0.15) is 5.75 Å². The van der Waals surface area contributed by atoms with Crippen molar-refractivity contribution in [2.24, 2.45) is 0 Å². The highest BCUT2D eigenvalue weighted by Gasteiger charge is 2.13. The number of aryl methyl sites for hydroxylation is 1. The van der Waals surface area contributed by atoms with E-state index in [9.17, 15) is 9.36 Å². The molecule has 3 N–H and O–H groups in total. The van der Waals surface area contributed by atoms with Crippen molar-refractivity contribution >= 4 is 13.6 Å². The first-order valence-electron chi connectivity index (χ1n) is 6.45. The van der Waals surface area contributed by atoms with Crippen molar-refractivity contribution < 1.29 is 23.9 Å². The number of carbonyl (C=O) groups is 1. The third kappa shape index (κ3) is 7.40. The van der Waals surface area contributed by atoms with Gasteiger partial charge in [0.25, 0.3) is 0 Å². The van der Waals surface area contributed by atoms with Crippen LogP contribution in [-0.4, -0.2) is 28.6 Å². The van der Waals surface area contributed by atoms with Crippen LogP contribution in [0.25, 0.3) is 0 Å². The monoisotopic (exact) mass is 301 g/mol. The molecule has 112 valence electrons. The van der Waals surface area contributed by atoms with Crippen LogP contribution in [0.4, 0.5) is 0 Å². The van der Waals surface area contributed by atoms with Gasteiger partial charge in [-0.1, -0.05) is 25.5 Å². The van der Waals surface area contributed by atoms with E-state index in [1.165, 1.54) is 5.56 Å². The Morgan fingerprint density at radius 2 is 1.95 bits per heavy atom. The molecule has 0 spiro atoms. The zero-order valence-electron chi connectivity index (χ0n) is 11.4. The molecule has 0 fully saturated rings. The van der Waals surface area contributed by atoms with Gasteiger partial charge in [0, 0.05) is 0 Å². The lowest BCUT2D eigenvalue weighted by atomic mass is 10.1. The molecule has 6 nitrogen and oxygen atoms in total. The summed E-state index contributed by atoms with van der Waals surface area (Å²) in [6.45, 7) is 1.88. The standard InChI is InChI=1S/C13H20NO5P/c1-2-3-4-11-5-7-12(8-6-11)19-13(15)9-14-10-20(16,17)18/h5-8,14H,2-4,9-10H2,1H3,(H2,16,17,18). The average molecular weight is 301 g/mol. The van der Waals surface area contributed by atoms with Crippen molar-refractivity contribution in [1.82, 2.24) is 5.32 Å². The van der Waals surface area contributed by atoms with Crippen LogP contribution in [0, 0.1) is 0 Å². The zero-order valence-corrected chi connectivity index (χ0v) is 12.3. The van der Waals surface area contributed by atoms with E-state index in [1.807, 2.05) is 12.1 Å². The average Bonchev–Trinajstić information content (AvgIpc) is 2.36. The van der Waals surface area contributed by atoms with E-state index < -0.39 is 19.9 Å². The minimum Gasteiger partial charge on any atom is -0.426 e. The Balaban J connectivity index is 2.36. The van der Waals surface area contributed by atoms with Gasteiger partial charge in [0.05, 0.1) is 12.8 Å². The third-order valence-electron chi connectivity index (χ3n) is 2.56. The Bertz CT molecular complexity index is 468. The predicted octanol–water partition coefficient (Wildman–Crippen LogP) is 1.66. The number of rotatable bonds is 8. The maximum Gasteiger partial charge on any atom is 0.339 e. The van der Waals surface area contributed by atoms with Crippen molar-refractivity contribution in [1.29, 1.82) is 0 Å². The second-order valence-electron chi connectivity index (χ2n) is 4.47. The molecule has 0 unspecified atom stereocenters. The first-order chi connectivity index (χ1) is 9.40. The number of hydrogen-bond donors (Lipinski definition) is 3. The van der Waals surface area contributed by atoms with E-state index in [0.717, 1.165) is 19.3 Å². The van der Waals surface area contributed by atoms with Crippen LogP contribution < -0.4 is 10.1 Å². The molecule has 0 aliphatic heterocycles. The van der Waals surface area contributed by atoms with Gasteiger partial charge < -0.3 is 14.5 Å². The van der Waals surface area contributed by atoms with Gasteiger partial charge in [0.2, 0.25) is 0 Å². The normalized spacial score (nSPS) is 11.3. The van der Waals surface area contributed by atoms with Crippen LogP contribution in [0.5, 0.6) is 5.75 Å². The van der Waals surface area contributed by atoms with Gasteiger partial charge in [-0.05, 0) is 30.5 Å². The van der Waals surface area contributed by atoms with Crippen LogP contribution >= 0.6 is 7.60 Å². The molecule has 0 aliphatic carbocycles. The molecule has 0 atom stereocenters. The summed E-state index contributed by atoms with van der Waals surface area (Å²) in [6.07, 6.45) is 2.69. The lowest BCUT2D eigenvalue weighted by molar-refractivity contribution is -0.133. The highest BCUT2D eigenvalue weighted by molar-refractivity contribution is 7.51. The quantitative estimate of drug-likeness (QED) is 0.384. The summed E-state index contributed by atoms with van der Waals surface area (Å²) in [6, 6.07) is 7.24. The molecule has 0 saturated carbocycles. The van der Waals surface area contributed by atoms with E-state index in [-0.39, 0.29) is 6.54 Å². The van der Waals surface area contributed by atoms with Gasteiger partial charge in [0.15, 0.2) is 0 Å². The van der Waals surface area contributed by atoms with Gasteiger partial charge in [-0.25, -0.2) is 0 Å². The number of hydrogen-bond acceptors (Lipinski definition) is 4. The maximum absolute atomic E-state index is 11.4. The molecule has 0 aliphatic rings. The largest absolute Gasteiger partial charge is 0.426 e. The number of carbonyl (C=O) groups excluding carboxylic acids is 1. The Kier molecular flexibility index (Phi) is 6.88. The van der Waals surface area contributed by atoms with Crippen LogP contribution in [0.1, 0.15) is 25.3 Å². The fourth-order valence-corrected chi connectivity index (χ4v) is 1.98. The number of benzene rings is 1. The summed E-state index contributed by atoms with van der Waals surface area (Å²) in [5.74, 6) is -0.159. The molecule has 20 heavy (non-hydrogen) atoms. The fourth-order valence-electron chi connectivity index (χ4n) is 1.58. The van der Waals surface area contributed by atoms with E-state index in [2.05, 4.69) is 12.2 Å². The minimum atomic E-state index is -4.14. The van der Waals surface area contributed by atoms with Crippen molar-refractivity contribution in [2.75, 3.05) is 12.8 Å². The fraction of sp³-hybridized carbons (Fsp3) is 0.462. The van der Waals surface area contributed by atoms with E-state index in [1.54, 1.807) is 12.1 Å². The number of unbranched alkanes of at least 4 members (excludes halogenated alkanes) is 1. The molecule has 0 radical (unpaired) electrons. The maximum atomic E-state index is 11.4. The smallest absolute Gasteiger partial charge is 0.339 e. The Labute approximate surface area is 118 Å². The number of nitrogens with one attached hydrogen (secondary N) is 1. The molecule has 7 heteroatoms. The van der Waals surface area contributed by atoms with E-state index in [4.69, 9.17) is 14.5 Å². The Morgan fingerprint density at radius 1 is 1.30 bits per heavy atom. The van der Waals surface area contributed by atoms with Crippen molar-refractivity contribution in [2.45, 2.75) is 26.2 Å². The summed E-state index contributed by atoms with van der Waals surface area (Å²) in [7, 11) is -4.14. The highest BCUT2D eigenvalue weighted by atomic mass is 31.2. The Morgan fingerprint density at radius 3 is 2.50 bits per heavy atom. The summed E-state index contributed by atoms with van der Waals surface area (Å²) in [5, 5.41) is 2.35. The third-order valence-corrected chi connectivity index (χ3v) is 3.20. The van der Waals surface area contributed by atoms with E-state index in [0.29, 0.717) is 5.75 Å². The van der Waals surface area contributed by atoms with Crippen LogP contribution in [0.2, 0.25) is 0 Å².